The molecule has 0 radical (unpaired) electrons. The van der Waals surface area contributed by atoms with Crippen molar-refractivity contribution in [3.8, 4) is 0 Å². The summed E-state index contributed by atoms with van der Waals surface area (Å²) in [6.07, 6.45) is 4.01. The van der Waals surface area contributed by atoms with Crippen molar-refractivity contribution in [1.29, 1.82) is 0 Å². The van der Waals surface area contributed by atoms with Gasteiger partial charge in [-0.25, -0.2) is 4.79 Å². The van der Waals surface area contributed by atoms with Gasteiger partial charge in [-0.2, -0.15) is 0 Å². The molecule has 1 fully saturated rings. The predicted octanol–water partition coefficient (Wildman–Crippen LogP) is 0.476. The van der Waals surface area contributed by atoms with Gasteiger partial charge in [0.1, 0.15) is 0 Å². The largest absolute Gasteiger partial charge is 0.475 e. The van der Waals surface area contributed by atoms with Crippen LogP contribution in [0, 0.1) is 0 Å². The van der Waals surface area contributed by atoms with Crippen molar-refractivity contribution < 1.29 is 19.6 Å². The Labute approximate surface area is 154 Å². The average Bonchev–Trinajstić information content (AvgIpc) is 3.12. The zero-order valence-corrected chi connectivity index (χ0v) is 14.8. The van der Waals surface area contributed by atoms with Gasteiger partial charge in [0.2, 0.25) is 5.91 Å². The van der Waals surface area contributed by atoms with Crippen LogP contribution in [0.1, 0.15) is 24.8 Å². The molecule has 140 valence electrons. The van der Waals surface area contributed by atoms with Crippen LogP contribution in [0.2, 0.25) is 0 Å². The number of aryl methyl sites for hydroxylation is 1. The number of hydrogen-bond acceptors (Lipinski definition) is 4. The van der Waals surface area contributed by atoms with Gasteiger partial charge in [-0.15, -0.1) is 0 Å². The maximum Gasteiger partial charge on any atom is 0.475 e. The summed E-state index contributed by atoms with van der Waals surface area (Å²) in [4.78, 5) is 25.6. The number of likely N-dealkylation sites (tertiary alicyclic amines) is 1. The summed E-state index contributed by atoms with van der Waals surface area (Å²) in [6.45, 7) is 4.47. The van der Waals surface area contributed by atoms with E-state index in [9.17, 15) is 19.6 Å². The molecule has 1 aliphatic heterocycles. The Balaban J connectivity index is 1.80. The van der Waals surface area contributed by atoms with Crippen LogP contribution < -0.4 is 10.6 Å². The summed E-state index contributed by atoms with van der Waals surface area (Å²) >= 11 is 0. The van der Waals surface area contributed by atoms with Gasteiger partial charge in [-0.3, -0.25) is 4.79 Å². The van der Waals surface area contributed by atoms with Gasteiger partial charge in [-0.1, -0.05) is 36.9 Å². The summed E-state index contributed by atoms with van der Waals surface area (Å²) in [7, 11) is -1.64. The zero-order valence-electron chi connectivity index (χ0n) is 14.8. The number of amides is 3. The number of carbonyl (C=O) groups is 2. The van der Waals surface area contributed by atoms with Gasteiger partial charge < -0.3 is 25.6 Å². The highest BCUT2D eigenvalue weighted by Crippen LogP contribution is 2.16. The van der Waals surface area contributed by atoms with Gasteiger partial charge in [-0.05, 0) is 37.3 Å². The molecule has 0 saturated carbocycles. The minimum atomic E-state index is -1.64. The number of rotatable bonds is 8. The fourth-order valence-electron chi connectivity index (χ4n) is 3.15. The Bertz CT molecular complexity index is 612. The van der Waals surface area contributed by atoms with E-state index in [-0.39, 0.29) is 11.9 Å². The van der Waals surface area contributed by atoms with Gasteiger partial charge >= 0.3 is 13.1 Å². The third-order valence-electron chi connectivity index (χ3n) is 4.60. The maximum atomic E-state index is 12.1. The lowest BCUT2D eigenvalue weighted by Gasteiger charge is -2.24. The monoisotopic (exact) mass is 359 g/mol. The van der Waals surface area contributed by atoms with E-state index in [0.717, 1.165) is 18.4 Å². The van der Waals surface area contributed by atoms with E-state index in [1.807, 2.05) is 30.3 Å². The Kier molecular flexibility index (Phi) is 7.68. The molecule has 0 bridgehead atoms. The second-order valence-corrected chi connectivity index (χ2v) is 6.43. The molecule has 1 aromatic carbocycles. The molecular formula is C18H26BN3O4. The Morgan fingerprint density at radius 2 is 2.08 bits per heavy atom. The maximum absolute atomic E-state index is 12.1. The van der Waals surface area contributed by atoms with Crippen molar-refractivity contribution >= 4 is 19.1 Å². The predicted molar refractivity (Wildman–Crippen MR) is 100 cm³/mol. The molecule has 0 spiro atoms. The molecule has 0 unspecified atom stereocenters. The summed E-state index contributed by atoms with van der Waals surface area (Å²) in [6, 6.07) is 9.10. The van der Waals surface area contributed by atoms with Crippen LogP contribution in [0.3, 0.4) is 0 Å². The van der Waals surface area contributed by atoms with E-state index in [2.05, 4.69) is 17.2 Å². The summed E-state index contributed by atoms with van der Waals surface area (Å²) in [5, 5.41) is 24.3. The lowest BCUT2D eigenvalue weighted by Crippen LogP contribution is -2.52. The first-order valence-corrected chi connectivity index (χ1v) is 8.88. The molecule has 1 aromatic rings. The Hall–Kier alpha value is -2.32. The third-order valence-corrected chi connectivity index (χ3v) is 4.60. The van der Waals surface area contributed by atoms with Gasteiger partial charge in [0, 0.05) is 19.1 Å². The molecule has 0 aliphatic carbocycles. The van der Waals surface area contributed by atoms with Crippen LogP contribution in [-0.4, -0.2) is 59.1 Å². The minimum Gasteiger partial charge on any atom is -0.426 e. The molecule has 26 heavy (non-hydrogen) atoms. The highest BCUT2D eigenvalue weighted by Gasteiger charge is 2.29. The first kappa shape index (κ1) is 20.0. The van der Waals surface area contributed by atoms with E-state index < -0.39 is 19.1 Å². The van der Waals surface area contributed by atoms with E-state index in [1.54, 1.807) is 4.90 Å². The van der Waals surface area contributed by atoms with Crippen molar-refractivity contribution in [2.45, 2.75) is 37.7 Å². The number of urea groups is 1. The summed E-state index contributed by atoms with van der Waals surface area (Å²) in [5.74, 6) is -0.911. The molecule has 8 heteroatoms. The fraction of sp³-hybridized carbons (Fsp3) is 0.444. The van der Waals surface area contributed by atoms with Crippen molar-refractivity contribution in [2.24, 2.45) is 0 Å². The van der Waals surface area contributed by atoms with Crippen LogP contribution >= 0.6 is 0 Å². The smallest absolute Gasteiger partial charge is 0.426 e. The van der Waals surface area contributed by atoms with E-state index in [1.165, 1.54) is 6.08 Å². The molecule has 0 aromatic heterocycles. The van der Waals surface area contributed by atoms with E-state index in [0.29, 0.717) is 25.9 Å². The molecule has 1 heterocycles. The first-order chi connectivity index (χ1) is 12.5. The number of carbonyl (C=O) groups excluding carboxylic acids is 2. The van der Waals surface area contributed by atoms with Crippen molar-refractivity contribution in [3.63, 3.8) is 0 Å². The highest BCUT2D eigenvalue weighted by molar-refractivity contribution is 6.43. The number of hydrogen-bond donors (Lipinski definition) is 4. The summed E-state index contributed by atoms with van der Waals surface area (Å²) < 4.78 is 0. The van der Waals surface area contributed by atoms with Crippen LogP contribution in [0.5, 0.6) is 0 Å². The van der Waals surface area contributed by atoms with Crippen LogP contribution in [0.15, 0.2) is 43.0 Å². The minimum absolute atomic E-state index is 0.0620. The molecule has 1 aliphatic rings. The van der Waals surface area contributed by atoms with Crippen molar-refractivity contribution in [3.05, 3.63) is 48.6 Å². The molecule has 7 nitrogen and oxygen atoms in total. The second kappa shape index (κ2) is 9.99. The SMILES string of the molecule is C=CC(=O)N1CCC[C@H]1CNC(=O)N[C@@H](CCc1ccccc1)B(O)O. The molecule has 3 amide bonds. The van der Waals surface area contributed by atoms with Crippen molar-refractivity contribution in [2.75, 3.05) is 13.1 Å². The van der Waals surface area contributed by atoms with E-state index in [4.69, 9.17) is 0 Å². The van der Waals surface area contributed by atoms with Crippen molar-refractivity contribution in [1.82, 2.24) is 15.5 Å². The van der Waals surface area contributed by atoms with Crippen LogP contribution in [0.4, 0.5) is 4.79 Å². The molecule has 2 atom stereocenters. The third kappa shape index (κ3) is 5.89. The van der Waals surface area contributed by atoms with E-state index >= 15 is 0 Å². The number of benzene rings is 1. The zero-order chi connectivity index (χ0) is 18.9. The molecule has 2 rings (SSSR count). The fourth-order valence-corrected chi connectivity index (χ4v) is 3.15. The second-order valence-electron chi connectivity index (χ2n) is 6.43. The topological polar surface area (TPSA) is 102 Å². The normalized spacial score (nSPS) is 17.5. The van der Waals surface area contributed by atoms with Gasteiger partial charge in [0.05, 0.1) is 5.94 Å². The number of nitrogens with one attached hydrogen (secondary N) is 2. The average molecular weight is 359 g/mol. The Morgan fingerprint density at radius 1 is 1.35 bits per heavy atom. The quantitative estimate of drug-likeness (QED) is 0.400. The highest BCUT2D eigenvalue weighted by atomic mass is 16.4. The standard InChI is InChI=1S/C18H26BN3O4/c1-2-17(23)22-12-6-9-15(22)13-20-18(24)21-16(19(25)26)11-10-14-7-4-3-5-8-14/h2-5,7-8,15-16,25-26H,1,6,9-13H2,(H2,20,21,24)/t15-,16-/m0/s1. The molecule has 1 saturated heterocycles. The molecular weight excluding hydrogens is 333 g/mol. The lowest BCUT2D eigenvalue weighted by atomic mass is 9.76. The lowest BCUT2D eigenvalue weighted by molar-refractivity contribution is -0.126. The van der Waals surface area contributed by atoms with Crippen LogP contribution in [0.25, 0.3) is 0 Å². The van der Waals surface area contributed by atoms with Gasteiger partial charge in [0.15, 0.2) is 0 Å². The van der Waals surface area contributed by atoms with Gasteiger partial charge in [0.25, 0.3) is 0 Å². The number of nitrogens with zero attached hydrogens (tertiary/aromatic N) is 1. The summed E-state index contributed by atoms with van der Waals surface area (Å²) in [5.41, 5.74) is 1.06. The first-order valence-electron chi connectivity index (χ1n) is 8.88. The Morgan fingerprint density at radius 3 is 2.73 bits per heavy atom. The molecule has 4 N–H and O–H groups in total. The van der Waals surface area contributed by atoms with Crippen LogP contribution in [-0.2, 0) is 11.2 Å².